The molecule has 0 unspecified atom stereocenters. The first-order valence-electron chi connectivity index (χ1n) is 11.7. The van der Waals surface area contributed by atoms with Crippen molar-refractivity contribution in [3.8, 4) is 5.95 Å². The standard InChI is InChI=1S/C23H28F2N8O3/c1-23(2)14-32(12-13-36-23)20-27-19(30-8-10-31(11-9-30)22(34)35-3)28-21(29-20)33-16-7-5-4-6-15(16)26-18(33)17(24)25/h4-7,17H,8-14H2,1-3H3. The van der Waals surface area contributed by atoms with Crippen LogP contribution in [0.15, 0.2) is 24.3 Å². The van der Waals surface area contributed by atoms with Gasteiger partial charge < -0.3 is 24.2 Å². The molecule has 4 heterocycles. The van der Waals surface area contributed by atoms with Crippen LogP contribution in [0.3, 0.4) is 0 Å². The zero-order valence-electron chi connectivity index (χ0n) is 20.4. The largest absolute Gasteiger partial charge is 0.453 e. The monoisotopic (exact) mass is 502 g/mol. The summed E-state index contributed by atoms with van der Waals surface area (Å²) in [5.74, 6) is 0.359. The number of alkyl halides is 2. The van der Waals surface area contributed by atoms with Crippen molar-refractivity contribution in [1.82, 2.24) is 29.4 Å². The second kappa shape index (κ2) is 9.45. The van der Waals surface area contributed by atoms with Crippen molar-refractivity contribution in [3.63, 3.8) is 0 Å². The maximum absolute atomic E-state index is 14.1. The van der Waals surface area contributed by atoms with E-state index in [1.165, 1.54) is 11.7 Å². The molecule has 2 aliphatic rings. The number of para-hydroxylation sites is 2. The number of rotatable bonds is 4. The zero-order valence-corrected chi connectivity index (χ0v) is 20.4. The average Bonchev–Trinajstić information content (AvgIpc) is 3.28. The number of hydrogen-bond acceptors (Lipinski definition) is 9. The Bertz CT molecular complexity index is 1260. The summed E-state index contributed by atoms with van der Waals surface area (Å²) in [4.78, 5) is 35.5. The lowest BCUT2D eigenvalue weighted by molar-refractivity contribution is -0.0281. The van der Waals surface area contributed by atoms with Crippen molar-refractivity contribution in [3.05, 3.63) is 30.1 Å². The molecular weight excluding hydrogens is 474 g/mol. The van der Waals surface area contributed by atoms with E-state index in [0.717, 1.165) is 0 Å². The molecule has 2 aromatic heterocycles. The molecule has 0 atom stereocenters. The molecule has 0 aliphatic carbocycles. The topological polar surface area (TPSA) is 102 Å². The molecule has 2 fully saturated rings. The SMILES string of the molecule is COC(=O)N1CCN(c2nc(N3CCOC(C)(C)C3)nc(-n3c(C(F)F)nc4ccccc43)n2)CC1. The number of halogens is 2. The fourth-order valence-electron chi connectivity index (χ4n) is 4.53. The molecular formula is C23H28F2N8O3. The fourth-order valence-corrected chi connectivity index (χ4v) is 4.53. The number of amides is 1. The zero-order chi connectivity index (χ0) is 25.4. The Morgan fingerprint density at radius 3 is 2.31 bits per heavy atom. The number of fused-ring (bicyclic) bond motifs is 1. The highest BCUT2D eigenvalue weighted by Gasteiger charge is 2.31. The average molecular weight is 503 g/mol. The second-order valence-electron chi connectivity index (χ2n) is 9.30. The second-order valence-corrected chi connectivity index (χ2v) is 9.30. The normalized spacial score (nSPS) is 18.2. The van der Waals surface area contributed by atoms with Crippen molar-refractivity contribution in [2.75, 3.05) is 62.8 Å². The van der Waals surface area contributed by atoms with Crippen molar-refractivity contribution in [1.29, 1.82) is 0 Å². The smallest absolute Gasteiger partial charge is 0.409 e. The van der Waals surface area contributed by atoms with Gasteiger partial charge in [-0.2, -0.15) is 15.0 Å². The van der Waals surface area contributed by atoms with Gasteiger partial charge in [-0.3, -0.25) is 4.57 Å². The summed E-state index contributed by atoms with van der Waals surface area (Å²) in [6, 6.07) is 6.90. The van der Waals surface area contributed by atoms with Crippen LogP contribution in [0.2, 0.25) is 0 Å². The predicted molar refractivity (Wildman–Crippen MR) is 128 cm³/mol. The van der Waals surface area contributed by atoms with Gasteiger partial charge in [-0.05, 0) is 26.0 Å². The summed E-state index contributed by atoms with van der Waals surface area (Å²) in [7, 11) is 1.35. The number of ether oxygens (including phenoxy) is 2. The van der Waals surface area contributed by atoms with E-state index in [4.69, 9.17) is 14.5 Å². The van der Waals surface area contributed by atoms with E-state index in [9.17, 15) is 13.6 Å². The number of morpholine rings is 1. The third-order valence-electron chi connectivity index (χ3n) is 6.29. The van der Waals surface area contributed by atoms with Gasteiger partial charge in [-0.1, -0.05) is 12.1 Å². The van der Waals surface area contributed by atoms with Crippen LogP contribution in [0.5, 0.6) is 0 Å². The summed E-state index contributed by atoms with van der Waals surface area (Å²) >= 11 is 0. The molecule has 0 saturated carbocycles. The first kappa shape index (κ1) is 24.1. The van der Waals surface area contributed by atoms with E-state index >= 15 is 0 Å². The first-order valence-corrected chi connectivity index (χ1v) is 11.7. The van der Waals surface area contributed by atoms with E-state index in [0.29, 0.717) is 68.8 Å². The van der Waals surface area contributed by atoms with Gasteiger partial charge >= 0.3 is 6.09 Å². The van der Waals surface area contributed by atoms with Gasteiger partial charge in [0.05, 0.1) is 30.4 Å². The van der Waals surface area contributed by atoms with Crippen LogP contribution in [0.4, 0.5) is 25.5 Å². The Balaban J connectivity index is 1.59. The maximum atomic E-state index is 14.1. The van der Waals surface area contributed by atoms with Crippen LogP contribution in [-0.4, -0.2) is 94.1 Å². The van der Waals surface area contributed by atoms with Gasteiger partial charge in [-0.15, -0.1) is 0 Å². The highest BCUT2D eigenvalue weighted by Crippen LogP contribution is 2.29. The predicted octanol–water partition coefficient (Wildman–Crippen LogP) is 2.65. The van der Waals surface area contributed by atoms with Gasteiger partial charge in [0.2, 0.25) is 17.8 Å². The van der Waals surface area contributed by atoms with Gasteiger partial charge in [0, 0.05) is 39.3 Å². The van der Waals surface area contributed by atoms with Crippen molar-refractivity contribution >= 4 is 29.0 Å². The molecule has 36 heavy (non-hydrogen) atoms. The molecule has 2 saturated heterocycles. The summed E-state index contributed by atoms with van der Waals surface area (Å²) in [6.07, 6.45) is -3.22. The van der Waals surface area contributed by atoms with E-state index in [1.807, 2.05) is 23.6 Å². The summed E-state index contributed by atoms with van der Waals surface area (Å²) < 4.78 is 40.1. The molecule has 0 spiro atoms. The minimum Gasteiger partial charge on any atom is -0.453 e. The van der Waals surface area contributed by atoms with Crippen molar-refractivity contribution in [2.24, 2.45) is 0 Å². The van der Waals surface area contributed by atoms with E-state index in [1.54, 1.807) is 29.2 Å². The number of methoxy groups -OCH3 is 1. The number of imidazole rings is 1. The first-order chi connectivity index (χ1) is 17.3. The molecule has 0 bridgehead atoms. The third kappa shape index (κ3) is 4.62. The number of hydrogen-bond donors (Lipinski definition) is 0. The van der Waals surface area contributed by atoms with Crippen LogP contribution < -0.4 is 9.80 Å². The summed E-state index contributed by atoms with van der Waals surface area (Å²) in [6.45, 7) is 7.27. The Morgan fingerprint density at radius 2 is 1.64 bits per heavy atom. The number of piperazine rings is 1. The molecule has 5 rings (SSSR count). The molecule has 0 radical (unpaired) electrons. The number of nitrogens with zero attached hydrogens (tertiary/aromatic N) is 8. The van der Waals surface area contributed by atoms with Gasteiger partial charge in [0.25, 0.3) is 6.43 Å². The molecule has 1 amide bonds. The third-order valence-corrected chi connectivity index (χ3v) is 6.29. The fraction of sp³-hybridized carbons (Fsp3) is 0.522. The number of benzene rings is 1. The lowest BCUT2D eigenvalue weighted by Gasteiger charge is -2.38. The lowest BCUT2D eigenvalue weighted by Crippen LogP contribution is -2.50. The van der Waals surface area contributed by atoms with Crippen LogP contribution in [0.1, 0.15) is 26.1 Å². The highest BCUT2D eigenvalue weighted by atomic mass is 19.3. The number of carbonyl (C=O) groups excluding carboxylic acids is 1. The summed E-state index contributed by atoms with van der Waals surface area (Å²) in [5, 5.41) is 0. The molecule has 192 valence electrons. The Morgan fingerprint density at radius 1 is 0.972 bits per heavy atom. The summed E-state index contributed by atoms with van der Waals surface area (Å²) in [5.41, 5.74) is 0.483. The molecule has 11 nitrogen and oxygen atoms in total. The lowest BCUT2D eigenvalue weighted by atomic mass is 10.1. The highest BCUT2D eigenvalue weighted by molar-refractivity contribution is 5.77. The Labute approximate surface area is 206 Å². The molecule has 0 N–H and O–H groups in total. The van der Waals surface area contributed by atoms with E-state index in [-0.39, 0.29) is 5.95 Å². The quantitative estimate of drug-likeness (QED) is 0.533. The van der Waals surface area contributed by atoms with E-state index < -0.39 is 23.9 Å². The number of anilines is 2. The Hall–Kier alpha value is -3.61. The Kier molecular flexibility index (Phi) is 6.33. The number of aromatic nitrogens is 5. The van der Waals surface area contributed by atoms with Gasteiger partial charge in [0.15, 0.2) is 5.82 Å². The molecule has 3 aromatic rings. The molecule has 1 aromatic carbocycles. The molecule has 2 aliphatic heterocycles. The van der Waals surface area contributed by atoms with Crippen LogP contribution >= 0.6 is 0 Å². The van der Waals surface area contributed by atoms with Crippen molar-refractivity contribution < 1.29 is 23.0 Å². The minimum atomic E-state index is -2.83. The van der Waals surface area contributed by atoms with E-state index in [2.05, 4.69) is 15.0 Å². The van der Waals surface area contributed by atoms with Crippen LogP contribution in [0, 0.1) is 0 Å². The van der Waals surface area contributed by atoms with Crippen LogP contribution in [-0.2, 0) is 9.47 Å². The van der Waals surface area contributed by atoms with Crippen molar-refractivity contribution in [2.45, 2.75) is 25.9 Å². The minimum absolute atomic E-state index is 0.0682. The number of carbonyl (C=O) groups is 1. The van der Waals surface area contributed by atoms with Gasteiger partial charge in [0.1, 0.15) is 0 Å². The maximum Gasteiger partial charge on any atom is 0.409 e. The van der Waals surface area contributed by atoms with Gasteiger partial charge in [-0.25, -0.2) is 18.6 Å². The van der Waals surface area contributed by atoms with Crippen LogP contribution in [0.25, 0.3) is 17.0 Å². The molecule has 13 heteroatoms.